The second kappa shape index (κ2) is 18.4. The van der Waals surface area contributed by atoms with Gasteiger partial charge in [0.05, 0.1) is 23.9 Å². The van der Waals surface area contributed by atoms with Crippen molar-refractivity contribution in [3.05, 3.63) is 71.8 Å². The third kappa shape index (κ3) is 9.74. The monoisotopic (exact) mass is 792 g/mol. The Morgan fingerprint density at radius 1 is 0.965 bits per heavy atom. The highest BCUT2D eigenvalue weighted by molar-refractivity contribution is 5.88. The molecule has 0 unspecified atom stereocenters. The standard InChI is InChI=1S/C45H64N2O10/c1-12-36-45(8)39(47(43(51)57-45)23-22-32-18-20-34(21-19-32)54-33-16-14-13-15-17-33)31(6)37(48)29(4)26-44(7,52-11)40(27(2)24-28(3)41(50)55-36)56-42-38(49)35(46(9)10)25-30(5)53-42/h13-21,24,27,29-31,35-36,38-40,42,49H,12,22-23,25-26H2,1-11H3/b28-24+/t27-,29+,30+,31-,35-,36+,38+,39+,40+,42-,44+,45+/m0/s1. The van der Waals surface area contributed by atoms with Crippen molar-refractivity contribution in [3.8, 4) is 11.5 Å². The van der Waals surface area contributed by atoms with E-state index in [1.807, 2.05) is 115 Å². The summed E-state index contributed by atoms with van der Waals surface area (Å²) in [7, 11) is 5.41. The van der Waals surface area contributed by atoms with Crippen LogP contribution < -0.4 is 4.74 Å². The first kappa shape index (κ1) is 44.3. The van der Waals surface area contributed by atoms with E-state index in [0.29, 0.717) is 30.6 Å². The van der Waals surface area contributed by atoms with Gasteiger partial charge >= 0.3 is 12.1 Å². The van der Waals surface area contributed by atoms with Crippen molar-refractivity contribution in [2.45, 2.75) is 135 Å². The summed E-state index contributed by atoms with van der Waals surface area (Å²) in [6, 6.07) is 16.3. The Hall–Kier alpha value is -3.81. The predicted octanol–water partition coefficient (Wildman–Crippen LogP) is 6.97. The number of carbonyl (C=O) groups is 3. The Balaban J connectivity index is 1.46. The van der Waals surface area contributed by atoms with E-state index < -0.39 is 71.7 Å². The summed E-state index contributed by atoms with van der Waals surface area (Å²) < 4.78 is 37.5. The molecule has 5 rings (SSSR count). The first-order valence-corrected chi connectivity index (χ1v) is 20.4. The molecule has 314 valence electrons. The average Bonchev–Trinajstić information content (AvgIpc) is 3.44. The Morgan fingerprint density at radius 2 is 1.61 bits per heavy atom. The molecule has 0 radical (unpaired) electrons. The van der Waals surface area contributed by atoms with Crippen LogP contribution in [0.3, 0.4) is 0 Å². The fourth-order valence-corrected chi connectivity index (χ4v) is 9.21. The van der Waals surface area contributed by atoms with Crippen molar-refractivity contribution < 1.29 is 47.9 Å². The number of methoxy groups -OCH3 is 1. The molecule has 57 heavy (non-hydrogen) atoms. The number of fused-ring (bicyclic) bond motifs is 1. The van der Waals surface area contributed by atoms with Crippen molar-refractivity contribution in [2.75, 3.05) is 27.7 Å². The number of para-hydroxylation sites is 1. The highest BCUT2D eigenvalue weighted by Crippen LogP contribution is 2.43. The number of aliphatic hydroxyl groups excluding tert-OH is 1. The molecule has 12 nitrogen and oxygen atoms in total. The van der Waals surface area contributed by atoms with E-state index in [-0.39, 0.29) is 30.9 Å². The molecule has 2 fully saturated rings. The van der Waals surface area contributed by atoms with E-state index in [1.54, 1.807) is 31.9 Å². The van der Waals surface area contributed by atoms with Crippen molar-refractivity contribution in [1.82, 2.24) is 9.80 Å². The third-order valence-corrected chi connectivity index (χ3v) is 12.3. The maximum atomic E-state index is 14.7. The molecule has 0 spiro atoms. The summed E-state index contributed by atoms with van der Waals surface area (Å²) in [6.07, 6.45) is -0.804. The quantitative estimate of drug-likeness (QED) is 0.250. The summed E-state index contributed by atoms with van der Waals surface area (Å²) in [4.78, 5) is 46.1. The second-order valence-corrected chi connectivity index (χ2v) is 17.0. The normalized spacial score (nSPS) is 36.5. The highest BCUT2D eigenvalue weighted by Gasteiger charge is 2.60. The molecule has 2 aromatic carbocycles. The molecule has 3 aliphatic rings. The zero-order chi connectivity index (χ0) is 41.8. The highest BCUT2D eigenvalue weighted by atomic mass is 16.7. The van der Waals surface area contributed by atoms with Gasteiger partial charge in [-0.15, -0.1) is 0 Å². The van der Waals surface area contributed by atoms with Crippen LogP contribution in [0, 0.1) is 17.8 Å². The molecule has 0 bridgehead atoms. The molecule has 2 aromatic rings. The summed E-state index contributed by atoms with van der Waals surface area (Å²) in [5.41, 5.74) is -1.10. The molecule has 2 saturated heterocycles. The number of ether oxygens (including phenoxy) is 6. The van der Waals surface area contributed by atoms with Crippen LogP contribution in [0.15, 0.2) is 66.2 Å². The topological polar surface area (TPSA) is 133 Å². The summed E-state index contributed by atoms with van der Waals surface area (Å²) in [6.45, 7) is 15.1. The van der Waals surface area contributed by atoms with Gasteiger partial charge in [0.2, 0.25) is 0 Å². The lowest BCUT2D eigenvalue weighted by molar-refractivity contribution is -0.294. The SMILES string of the molecule is CC[C@H]1OC(=O)/C(C)=C/[C@H](C)[C@@H](O[C@@H]2O[C@H](C)C[C@H](N(C)C)[C@H]2O)[C@](C)(OC)C[C@@H](C)C(=O)[C@H](C)[C@H]2N(CCc3ccc(Oc4ccccc4)cc3)C(=O)O[C@]12C. The number of ketones is 1. The minimum atomic E-state index is -1.33. The van der Waals surface area contributed by atoms with E-state index in [0.717, 1.165) is 11.3 Å². The maximum Gasteiger partial charge on any atom is 0.410 e. The third-order valence-electron chi connectivity index (χ3n) is 12.3. The Kier molecular flexibility index (Phi) is 14.3. The molecule has 0 aliphatic carbocycles. The smallest absolute Gasteiger partial charge is 0.410 e. The van der Waals surface area contributed by atoms with Crippen LogP contribution >= 0.6 is 0 Å². The number of rotatable bonds is 10. The number of likely N-dealkylation sites (N-methyl/N-ethyl adjacent to an activating group) is 1. The zero-order valence-corrected chi connectivity index (χ0v) is 35.6. The van der Waals surface area contributed by atoms with Crippen LogP contribution in [0.5, 0.6) is 11.5 Å². The van der Waals surface area contributed by atoms with Gasteiger partial charge in [-0.05, 0) is 97.3 Å². The van der Waals surface area contributed by atoms with Gasteiger partial charge in [-0.1, -0.05) is 64.1 Å². The molecule has 1 N–H and O–H groups in total. The van der Waals surface area contributed by atoms with E-state index in [4.69, 9.17) is 28.4 Å². The van der Waals surface area contributed by atoms with E-state index >= 15 is 0 Å². The van der Waals surface area contributed by atoms with E-state index in [2.05, 4.69) is 0 Å². The van der Waals surface area contributed by atoms with Gasteiger partial charge in [0.1, 0.15) is 29.5 Å². The van der Waals surface area contributed by atoms with Crippen LogP contribution in [0.4, 0.5) is 4.79 Å². The van der Waals surface area contributed by atoms with Gasteiger partial charge < -0.3 is 38.4 Å². The number of benzene rings is 2. The van der Waals surface area contributed by atoms with Crippen LogP contribution in [0.1, 0.15) is 80.2 Å². The molecular weight excluding hydrogens is 728 g/mol. The fourth-order valence-electron chi connectivity index (χ4n) is 9.21. The van der Waals surface area contributed by atoms with Crippen LogP contribution in [-0.2, 0) is 39.7 Å². The number of nitrogens with zero attached hydrogens (tertiary/aromatic N) is 2. The van der Waals surface area contributed by atoms with Gasteiger partial charge in [-0.25, -0.2) is 9.59 Å². The van der Waals surface area contributed by atoms with Crippen LogP contribution in [-0.4, -0.2) is 114 Å². The van der Waals surface area contributed by atoms with Crippen molar-refractivity contribution in [2.24, 2.45) is 17.8 Å². The number of esters is 1. The molecule has 3 heterocycles. The first-order valence-electron chi connectivity index (χ1n) is 20.4. The summed E-state index contributed by atoms with van der Waals surface area (Å²) in [5, 5.41) is 11.4. The molecule has 12 heteroatoms. The number of carbonyl (C=O) groups excluding carboxylic acids is 3. The van der Waals surface area contributed by atoms with Gasteiger partial charge in [-0.3, -0.25) is 9.69 Å². The van der Waals surface area contributed by atoms with Gasteiger partial charge in [-0.2, -0.15) is 0 Å². The lowest BCUT2D eigenvalue weighted by Crippen LogP contribution is -2.59. The van der Waals surface area contributed by atoms with Gasteiger partial charge in [0.25, 0.3) is 0 Å². The maximum absolute atomic E-state index is 14.7. The minimum Gasteiger partial charge on any atom is -0.457 e. The number of amides is 1. The van der Waals surface area contributed by atoms with E-state index in [9.17, 15) is 19.5 Å². The number of hydrogen-bond acceptors (Lipinski definition) is 11. The largest absolute Gasteiger partial charge is 0.457 e. The Labute approximate surface area is 338 Å². The lowest BCUT2D eigenvalue weighted by atomic mass is 9.74. The number of cyclic esters (lactones) is 1. The van der Waals surface area contributed by atoms with Crippen LogP contribution in [0.25, 0.3) is 0 Å². The van der Waals surface area contributed by atoms with Crippen LogP contribution in [0.2, 0.25) is 0 Å². The molecule has 0 saturated carbocycles. The molecule has 1 amide bonds. The minimum absolute atomic E-state index is 0.0909. The van der Waals surface area contributed by atoms with Gasteiger partial charge in [0, 0.05) is 43.0 Å². The molecule has 12 atom stereocenters. The molecular formula is C45H64N2O10. The number of aliphatic hydroxyl groups is 1. The van der Waals surface area contributed by atoms with Crippen molar-refractivity contribution in [1.29, 1.82) is 0 Å². The number of Topliss-reactive ketones (excluding diaryl/α,β-unsaturated/α-hetero) is 1. The first-order chi connectivity index (χ1) is 26.9. The van der Waals surface area contributed by atoms with Crippen molar-refractivity contribution in [3.63, 3.8) is 0 Å². The molecule has 0 aromatic heterocycles. The van der Waals surface area contributed by atoms with Crippen molar-refractivity contribution >= 4 is 17.8 Å². The average molecular weight is 793 g/mol. The van der Waals surface area contributed by atoms with Gasteiger partial charge in [0.15, 0.2) is 11.9 Å². The Bertz CT molecular complexity index is 1720. The summed E-state index contributed by atoms with van der Waals surface area (Å²) in [5.74, 6) is -0.953. The lowest BCUT2D eigenvalue weighted by Gasteiger charge is -2.47. The molecule has 3 aliphatic heterocycles. The zero-order valence-electron chi connectivity index (χ0n) is 35.6. The second-order valence-electron chi connectivity index (χ2n) is 17.0. The summed E-state index contributed by atoms with van der Waals surface area (Å²) >= 11 is 0. The van der Waals surface area contributed by atoms with E-state index in [1.165, 1.54) is 0 Å². The Morgan fingerprint density at radius 3 is 2.23 bits per heavy atom. The predicted molar refractivity (Wildman–Crippen MR) is 216 cm³/mol. The fraction of sp³-hybridized carbons (Fsp3) is 0.622. The number of hydrogen-bond donors (Lipinski definition) is 1.